The number of alkyl halides is 2. The predicted octanol–water partition coefficient (Wildman–Crippen LogP) is 3.84. The van der Waals surface area contributed by atoms with Crippen LogP contribution in [0.25, 0.3) is 0 Å². The van der Waals surface area contributed by atoms with Crippen LogP contribution < -0.4 is 0 Å². The van der Waals surface area contributed by atoms with Crippen LogP contribution in [-0.2, 0) is 9.53 Å². The molecule has 0 bridgehead atoms. The summed E-state index contributed by atoms with van der Waals surface area (Å²) in [7, 11) is 0. The molecule has 16 heavy (non-hydrogen) atoms. The summed E-state index contributed by atoms with van der Waals surface area (Å²) in [6.07, 6.45) is 0.202. The summed E-state index contributed by atoms with van der Waals surface area (Å²) in [4.78, 5) is 10.1. The molecule has 0 saturated carbocycles. The van der Waals surface area contributed by atoms with E-state index in [1.165, 1.54) is 25.6 Å². The molecule has 96 valence electrons. The Hall–Kier alpha value is -0.320. The summed E-state index contributed by atoms with van der Waals surface area (Å²) >= 11 is 1.38. The monoisotopic (exact) mass is 254 g/mol. The van der Waals surface area contributed by atoms with Crippen LogP contribution in [0.15, 0.2) is 0 Å². The van der Waals surface area contributed by atoms with Crippen LogP contribution in [0.2, 0.25) is 0 Å². The molecule has 0 aromatic carbocycles. The molecule has 0 aliphatic carbocycles. The first kappa shape index (κ1) is 15.7. The third-order valence-electron chi connectivity index (χ3n) is 2.04. The molecule has 0 aromatic heterocycles. The van der Waals surface area contributed by atoms with Gasteiger partial charge >= 0.3 is 5.97 Å². The molecule has 0 rings (SSSR count). The van der Waals surface area contributed by atoms with Crippen molar-refractivity contribution in [3.05, 3.63) is 0 Å². The fourth-order valence-corrected chi connectivity index (χ4v) is 2.16. The lowest BCUT2D eigenvalue weighted by atomic mass is 10.1. The third kappa shape index (κ3) is 7.91. The number of carbonyl (C=O) groups excluding carboxylic acids is 1. The number of rotatable bonds is 7. The van der Waals surface area contributed by atoms with Gasteiger partial charge in [-0.1, -0.05) is 6.92 Å². The normalized spacial score (nSPS) is 12.6. The van der Waals surface area contributed by atoms with Gasteiger partial charge in [0, 0.05) is 19.8 Å². The average molecular weight is 254 g/mol. The Balaban J connectivity index is 3.77. The van der Waals surface area contributed by atoms with Crippen LogP contribution in [0, 0.1) is 0 Å². The summed E-state index contributed by atoms with van der Waals surface area (Å²) in [6, 6.07) is 0. The number of hydrogen-bond acceptors (Lipinski definition) is 3. The van der Waals surface area contributed by atoms with Crippen LogP contribution >= 0.6 is 11.8 Å². The Kier molecular flexibility index (Phi) is 6.30. The van der Waals surface area contributed by atoms with Crippen LogP contribution in [0.4, 0.5) is 8.78 Å². The summed E-state index contributed by atoms with van der Waals surface area (Å²) in [5.41, 5.74) is 0. The third-order valence-corrected chi connectivity index (χ3v) is 3.31. The number of halogens is 2. The molecule has 0 aliphatic heterocycles. The molecule has 0 saturated heterocycles. The first-order valence-electron chi connectivity index (χ1n) is 5.40. The Morgan fingerprint density at radius 2 is 1.94 bits per heavy atom. The van der Waals surface area contributed by atoms with Crippen molar-refractivity contribution in [2.75, 3.05) is 5.75 Å². The molecule has 0 atom stereocenters. The van der Waals surface area contributed by atoms with Crippen molar-refractivity contribution < 1.29 is 18.3 Å². The molecule has 0 aromatic rings. The van der Waals surface area contributed by atoms with E-state index in [1.807, 2.05) is 0 Å². The van der Waals surface area contributed by atoms with Gasteiger partial charge in [-0.05, 0) is 26.0 Å². The van der Waals surface area contributed by atoms with Gasteiger partial charge in [0.1, 0.15) is 0 Å². The molecule has 0 spiro atoms. The van der Waals surface area contributed by atoms with E-state index in [4.69, 9.17) is 4.74 Å². The Morgan fingerprint density at radius 1 is 1.38 bits per heavy atom. The van der Waals surface area contributed by atoms with E-state index in [2.05, 4.69) is 0 Å². The van der Waals surface area contributed by atoms with Gasteiger partial charge in [-0.3, -0.25) is 4.79 Å². The SMILES string of the molecule is CCC(F)(F)CCCSC(C)(C)OC(C)=O. The molecular weight excluding hydrogens is 234 g/mol. The van der Waals surface area contributed by atoms with E-state index in [0.29, 0.717) is 12.2 Å². The lowest BCUT2D eigenvalue weighted by Crippen LogP contribution is -2.23. The van der Waals surface area contributed by atoms with Crippen LogP contribution in [0.3, 0.4) is 0 Å². The van der Waals surface area contributed by atoms with E-state index < -0.39 is 10.9 Å². The second-order valence-electron chi connectivity index (χ2n) is 4.15. The van der Waals surface area contributed by atoms with E-state index in [-0.39, 0.29) is 18.8 Å². The zero-order valence-electron chi connectivity index (χ0n) is 10.3. The first-order chi connectivity index (χ1) is 7.18. The van der Waals surface area contributed by atoms with Crippen molar-refractivity contribution in [3.63, 3.8) is 0 Å². The summed E-state index contributed by atoms with van der Waals surface area (Å²) in [5.74, 6) is -2.35. The highest BCUT2D eigenvalue weighted by Crippen LogP contribution is 2.30. The van der Waals surface area contributed by atoms with E-state index >= 15 is 0 Å². The highest BCUT2D eigenvalue weighted by Gasteiger charge is 2.26. The maximum absolute atomic E-state index is 12.9. The molecule has 5 heteroatoms. The quantitative estimate of drug-likeness (QED) is 0.392. The van der Waals surface area contributed by atoms with Crippen LogP contribution in [0.5, 0.6) is 0 Å². The van der Waals surface area contributed by atoms with Gasteiger partial charge in [-0.15, -0.1) is 11.8 Å². The fraction of sp³-hybridized carbons (Fsp3) is 0.909. The summed E-state index contributed by atoms with van der Waals surface area (Å²) in [6.45, 7) is 6.34. The number of esters is 1. The van der Waals surface area contributed by atoms with Gasteiger partial charge < -0.3 is 4.74 Å². The molecular formula is C11H20F2O2S. The molecule has 0 fully saturated rings. The molecule has 0 unspecified atom stereocenters. The van der Waals surface area contributed by atoms with Crippen molar-refractivity contribution in [2.24, 2.45) is 0 Å². The zero-order chi connectivity index (χ0) is 12.8. The van der Waals surface area contributed by atoms with Crippen molar-refractivity contribution in [1.29, 1.82) is 0 Å². The van der Waals surface area contributed by atoms with Crippen molar-refractivity contribution in [1.82, 2.24) is 0 Å². The van der Waals surface area contributed by atoms with Crippen molar-refractivity contribution in [3.8, 4) is 0 Å². The molecule has 2 nitrogen and oxygen atoms in total. The number of hydrogen-bond donors (Lipinski definition) is 0. The van der Waals surface area contributed by atoms with Gasteiger partial charge in [0.2, 0.25) is 5.92 Å². The lowest BCUT2D eigenvalue weighted by molar-refractivity contribution is -0.146. The minimum absolute atomic E-state index is 0.105. The van der Waals surface area contributed by atoms with Crippen molar-refractivity contribution in [2.45, 2.75) is 57.8 Å². The predicted molar refractivity (Wildman–Crippen MR) is 62.8 cm³/mol. The fourth-order valence-electron chi connectivity index (χ4n) is 1.20. The van der Waals surface area contributed by atoms with Gasteiger partial charge in [0.15, 0.2) is 4.93 Å². The molecule has 0 aliphatic rings. The van der Waals surface area contributed by atoms with Gasteiger partial charge in [-0.2, -0.15) is 0 Å². The summed E-state index contributed by atoms with van der Waals surface area (Å²) in [5, 5.41) is 0. The van der Waals surface area contributed by atoms with Crippen molar-refractivity contribution >= 4 is 17.7 Å². The maximum atomic E-state index is 12.9. The molecule has 0 amide bonds. The van der Waals surface area contributed by atoms with E-state index in [1.54, 1.807) is 13.8 Å². The molecule has 0 radical (unpaired) electrons. The van der Waals surface area contributed by atoms with Gasteiger partial charge in [0.25, 0.3) is 0 Å². The first-order valence-corrected chi connectivity index (χ1v) is 6.38. The minimum Gasteiger partial charge on any atom is -0.449 e. The van der Waals surface area contributed by atoms with E-state index in [0.717, 1.165) is 0 Å². The maximum Gasteiger partial charge on any atom is 0.304 e. The van der Waals surface area contributed by atoms with Gasteiger partial charge in [-0.25, -0.2) is 8.78 Å². The topological polar surface area (TPSA) is 26.3 Å². The Labute approximate surface area is 100 Å². The highest BCUT2D eigenvalue weighted by atomic mass is 32.2. The zero-order valence-corrected chi connectivity index (χ0v) is 11.1. The average Bonchev–Trinajstić information content (AvgIpc) is 2.11. The molecule has 0 N–H and O–H groups in total. The number of ether oxygens (including phenoxy) is 1. The second kappa shape index (κ2) is 6.42. The van der Waals surface area contributed by atoms with E-state index in [9.17, 15) is 13.6 Å². The Bertz CT molecular complexity index is 230. The lowest BCUT2D eigenvalue weighted by Gasteiger charge is -2.24. The smallest absolute Gasteiger partial charge is 0.304 e. The van der Waals surface area contributed by atoms with Crippen LogP contribution in [0.1, 0.15) is 47.0 Å². The summed E-state index contributed by atoms with van der Waals surface area (Å²) < 4.78 is 30.8. The molecule has 0 heterocycles. The number of carbonyl (C=O) groups is 1. The largest absolute Gasteiger partial charge is 0.449 e. The standard InChI is InChI=1S/C11H20F2O2S/c1-5-11(12,13)7-6-8-16-10(3,4)15-9(2)14/h5-8H2,1-4H3. The Morgan fingerprint density at radius 3 is 2.38 bits per heavy atom. The number of thioether (sulfide) groups is 1. The second-order valence-corrected chi connectivity index (χ2v) is 5.84. The van der Waals surface area contributed by atoms with Crippen LogP contribution in [-0.4, -0.2) is 22.6 Å². The van der Waals surface area contributed by atoms with Gasteiger partial charge in [0.05, 0.1) is 0 Å². The highest BCUT2D eigenvalue weighted by molar-refractivity contribution is 8.00. The minimum atomic E-state index is -2.56.